The molecule has 0 radical (unpaired) electrons. The zero-order valence-electron chi connectivity index (χ0n) is 9.35. The molecule has 17 heavy (non-hydrogen) atoms. The molecule has 2 rings (SSSR count). The Morgan fingerprint density at radius 1 is 1.53 bits per heavy atom. The van der Waals surface area contributed by atoms with Crippen molar-refractivity contribution in [3.63, 3.8) is 0 Å². The summed E-state index contributed by atoms with van der Waals surface area (Å²) >= 11 is 0. The zero-order valence-corrected chi connectivity index (χ0v) is 9.35. The highest BCUT2D eigenvalue weighted by Gasteiger charge is 2.22. The van der Waals surface area contributed by atoms with Gasteiger partial charge in [0.05, 0.1) is 12.1 Å². The molecule has 90 valence electrons. The van der Waals surface area contributed by atoms with Gasteiger partial charge in [-0.05, 0) is 18.6 Å². The van der Waals surface area contributed by atoms with E-state index in [-0.39, 0.29) is 24.2 Å². The quantitative estimate of drug-likeness (QED) is 0.693. The van der Waals surface area contributed by atoms with E-state index in [9.17, 15) is 9.59 Å². The van der Waals surface area contributed by atoms with Crippen molar-refractivity contribution in [3.8, 4) is 0 Å². The number of hydrogen-bond acceptors (Lipinski definition) is 4. The molecule has 1 aromatic rings. The first-order valence-corrected chi connectivity index (χ1v) is 5.45. The Hall–Kier alpha value is -2.11. The SMILES string of the molecule is Nc1ncccc1C(=O)N1CCCNC(=O)C1. The van der Waals surface area contributed by atoms with Crippen molar-refractivity contribution in [2.45, 2.75) is 6.42 Å². The molecule has 1 aliphatic rings. The molecule has 1 fully saturated rings. The van der Waals surface area contributed by atoms with Crippen LogP contribution in [0.5, 0.6) is 0 Å². The van der Waals surface area contributed by atoms with Gasteiger partial charge in [0.1, 0.15) is 5.82 Å². The third-order valence-corrected chi connectivity index (χ3v) is 2.62. The van der Waals surface area contributed by atoms with Gasteiger partial charge in [0, 0.05) is 19.3 Å². The van der Waals surface area contributed by atoms with Gasteiger partial charge in [-0.3, -0.25) is 9.59 Å². The molecule has 0 aliphatic carbocycles. The molecular formula is C11H14N4O2. The monoisotopic (exact) mass is 234 g/mol. The lowest BCUT2D eigenvalue weighted by molar-refractivity contribution is -0.121. The molecule has 6 heteroatoms. The third-order valence-electron chi connectivity index (χ3n) is 2.62. The maximum Gasteiger partial charge on any atom is 0.258 e. The van der Waals surface area contributed by atoms with E-state index in [4.69, 9.17) is 5.73 Å². The first-order chi connectivity index (χ1) is 8.18. The molecule has 0 atom stereocenters. The van der Waals surface area contributed by atoms with Gasteiger partial charge in [-0.2, -0.15) is 0 Å². The van der Waals surface area contributed by atoms with Crippen LogP contribution in [0.25, 0.3) is 0 Å². The summed E-state index contributed by atoms with van der Waals surface area (Å²) in [7, 11) is 0. The molecule has 1 aromatic heterocycles. The van der Waals surface area contributed by atoms with Crippen LogP contribution < -0.4 is 11.1 Å². The lowest BCUT2D eigenvalue weighted by Crippen LogP contribution is -2.37. The van der Waals surface area contributed by atoms with Gasteiger partial charge >= 0.3 is 0 Å². The Balaban J connectivity index is 2.19. The van der Waals surface area contributed by atoms with Crippen molar-refractivity contribution in [2.24, 2.45) is 0 Å². The van der Waals surface area contributed by atoms with Crippen molar-refractivity contribution >= 4 is 17.6 Å². The van der Waals surface area contributed by atoms with E-state index < -0.39 is 0 Å². The summed E-state index contributed by atoms with van der Waals surface area (Å²) in [4.78, 5) is 28.9. The van der Waals surface area contributed by atoms with Crippen molar-refractivity contribution in [1.29, 1.82) is 0 Å². The summed E-state index contributed by atoms with van der Waals surface area (Å²) in [5, 5.41) is 2.72. The molecule has 6 nitrogen and oxygen atoms in total. The van der Waals surface area contributed by atoms with Crippen LogP contribution in [0, 0.1) is 0 Å². The fourth-order valence-corrected chi connectivity index (χ4v) is 1.75. The van der Waals surface area contributed by atoms with Crippen LogP contribution in [0.1, 0.15) is 16.8 Å². The molecule has 0 spiro atoms. The Bertz CT molecular complexity index is 447. The van der Waals surface area contributed by atoms with Crippen molar-refractivity contribution in [2.75, 3.05) is 25.4 Å². The van der Waals surface area contributed by atoms with Gasteiger partial charge < -0.3 is 16.0 Å². The lowest BCUT2D eigenvalue weighted by Gasteiger charge is -2.19. The van der Waals surface area contributed by atoms with Gasteiger partial charge in [0.2, 0.25) is 5.91 Å². The van der Waals surface area contributed by atoms with Crippen LogP contribution in [-0.4, -0.2) is 41.3 Å². The first kappa shape index (κ1) is 11.4. The fourth-order valence-electron chi connectivity index (χ4n) is 1.75. The zero-order chi connectivity index (χ0) is 12.3. The number of nitrogens with two attached hydrogens (primary N) is 1. The van der Waals surface area contributed by atoms with Crippen LogP contribution in [-0.2, 0) is 4.79 Å². The summed E-state index contributed by atoms with van der Waals surface area (Å²) in [6, 6.07) is 3.27. The second kappa shape index (κ2) is 4.82. The van der Waals surface area contributed by atoms with E-state index in [1.807, 2.05) is 0 Å². The number of anilines is 1. The number of amides is 2. The molecular weight excluding hydrogens is 220 g/mol. The first-order valence-electron chi connectivity index (χ1n) is 5.45. The summed E-state index contributed by atoms with van der Waals surface area (Å²) < 4.78 is 0. The smallest absolute Gasteiger partial charge is 0.258 e. The number of nitrogens with one attached hydrogen (secondary N) is 1. The molecule has 3 N–H and O–H groups in total. The topological polar surface area (TPSA) is 88.3 Å². The van der Waals surface area contributed by atoms with E-state index in [0.717, 1.165) is 6.42 Å². The molecule has 0 saturated carbocycles. The maximum absolute atomic E-state index is 12.1. The van der Waals surface area contributed by atoms with Gasteiger partial charge in [0.15, 0.2) is 0 Å². The second-order valence-electron chi connectivity index (χ2n) is 3.87. The number of nitrogens with zero attached hydrogens (tertiary/aromatic N) is 2. The van der Waals surface area contributed by atoms with Crippen molar-refractivity contribution in [3.05, 3.63) is 23.9 Å². The van der Waals surface area contributed by atoms with E-state index >= 15 is 0 Å². The molecule has 2 heterocycles. The Morgan fingerprint density at radius 2 is 2.35 bits per heavy atom. The Morgan fingerprint density at radius 3 is 3.12 bits per heavy atom. The van der Waals surface area contributed by atoms with E-state index in [1.54, 1.807) is 12.1 Å². The number of nitrogen functional groups attached to an aromatic ring is 1. The predicted octanol–water partition coefficient (Wildman–Crippen LogP) is -0.374. The summed E-state index contributed by atoms with van der Waals surface area (Å²) in [5.41, 5.74) is 5.99. The number of aromatic nitrogens is 1. The highest BCUT2D eigenvalue weighted by atomic mass is 16.2. The maximum atomic E-state index is 12.1. The van der Waals surface area contributed by atoms with Crippen LogP contribution >= 0.6 is 0 Å². The fraction of sp³-hybridized carbons (Fsp3) is 0.364. The van der Waals surface area contributed by atoms with Crippen LogP contribution in [0.4, 0.5) is 5.82 Å². The van der Waals surface area contributed by atoms with Gasteiger partial charge in [0.25, 0.3) is 5.91 Å². The number of carbonyl (C=O) groups is 2. The summed E-state index contributed by atoms with van der Waals surface area (Å²) in [6.45, 7) is 1.23. The summed E-state index contributed by atoms with van der Waals surface area (Å²) in [6.07, 6.45) is 2.28. The normalized spacial score (nSPS) is 16.2. The molecule has 2 amide bonds. The highest BCUT2D eigenvalue weighted by Crippen LogP contribution is 2.11. The highest BCUT2D eigenvalue weighted by molar-refractivity contribution is 6.00. The predicted molar refractivity (Wildman–Crippen MR) is 62.2 cm³/mol. The van der Waals surface area contributed by atoms with Gasteiger partial charge in [-0.25, -0.2) is 4.98 Å². The van der Waals surface area contributed by atoms with E-state index in [0.29, 0.717) is 18.7 Å². The Kier molecular flexibility index (Phi) is 3.22. The molecule has 1 saturated heterocycles. The number of pyridine rings is 1. The lowest BCUT2D eigenvalue weighted by atomic mass is 10.2. The van der Waals surface area contributed by atoms with E-state index in [1.165, 1.54) is 11.1 Å². The largest absolute Gasteiger partial charge is 0.383 e. The number of hydrogen-bond donors (Lipinski definition) is 2. The Labute approximate surface area is 98.8 Å². The van der Waals surface area contributed by atoms with Crippen LogP contribution in [0.3, 0.4) is 0 Å². The van der Waals surface area contributed by atoms with Gasteiger partial charge in [-0.15, -0.1) is 0 Å². The minimum atomic E-state index is -0.243. The molecule has 0 unspecified atom stereocenters. The molecule has 0 bridgehead atoms. The average Bonchev–Trinajstić information content (AvgIpc) is 2.54. The van der Waals surface area contributed by atoms with E-state index in [2.05, 4.69) is 10.3 Å². The second-order valence-corrected chi connectivity index (χ2v) is 3.87. The molecule has 0 aromatic carbocycles. The van der Waals surface area contributed by atoms with Gasteiger partial charge in [-0.1, -0.05) is 0 Å². The minimum Gasteiger partial charge on any atom is -0.383 e. The third kappa shape index (κ3) is 2.52. The van der Waals surface area contributed by atoms with Crippen LogP contribution in [0.15, 0.2) is 18.3 Å². The standard InChI is InChI=1S/C11H14N4O2/c12-10-8(3-1-4-14-10)11(17)15-6-2-5-13-9(16)7-15/h1,3-4H,2,5-7H2,(H2,12,14)(H,13,16). The van der Waals surface area contributed by atoms with Crippen molar-refractivity contribution < 1.29 is 9.59 Å². The average molecular weight is 234 g/mol. The van der Waals surface area contributed by atoms with Crippen LogP contribution in [0.2, 0.25) is 0 Å². The van der Waals surface area contributed by atoms with Crippen molar-refractivity contribution in [1.82, 2.24) is 15.2 Å². The number of carbonyl (C=O) groups excluding carboxylic acids is 2. The number of rotatable bonds is 1. The summed E-state index contributed by atoms with van der Waals surface area (Å²) in [5.74, 6) is -0.187. The molecule has 1 aliphatic heterocycles. The minimum absolute atomic E-state index is 0.0766.